The fourth-order valence-electron chi connectivity index (χ4n) is 2.69. The number of carbonyl (C=O) groups excluding carboxylic acids is 1. The number of aromatic nitrogens is 3. The van der Waals surface area contributed by atoms with Gasteiger partial charge in [-0.3, -0.25) is 0 Å². The lowest BCUT2D eigenvalue weighted by molar-refractivity contribution is -0.274. The van der Waals surface area contributed by atoms with Crippen LogP contribution in [0.1, 0.15) is 5.82 Å². The molecule has 1 aliphatic rings. The van der Waals surface area contributed by atoms with Crippen LogP contribution in [0.2, 0.25) is 0 Å². The summed E-state index contributed by atoms with van der Waals surface area (Å²) in [6.07, 6.45) is -4.88. The zero-order valence-electron chi connectivity index (χ0n) is 16.9. The van der Waals surface area contributed by atoms with Crippen molar-refractivity contribution in [2.24, 2.45) is 0 Å². The summed E-state index contributed by atoms with van der Waals surface area (Å²) >= 11 is 0. The van der Waals surface area contributed by atoms with E-state index in [1.54, 1.807) is 19.0 Å². The smallest absolute Gasteiger partial charge is 0.404 e. The number of rotatable bonds is 6. The number of halogens is 3. The van der Waals surface area contributed by atoms with Gasteiger partial charge in [0.25, 0.3) is 0 Å². The summed E-state index contributed by atoms with van der Waals surface area (Å²) in [5.74, 6) is 0.658. The second kappa shape index (κ2) is 9.64. The van der Waals surface area contributed by atoms with Gasteiger partial charge in [-0.15, -0.1) is 13.2 Å². The molecule has 0 radical (unpaired) electrons. The van der Waals surface area contributed by atoms with Gasteiger partial charge in [-0.1, -0.05) is 12.1 Å². The van der Waals surface area contributed by atoms with E-state index in [2.05, 4.69) is 30.3 Å². The molecule has 13 heteroatoms. The van der Waals surface area contributed by atoms with E-state index in [0.29, 0.717) is 44.0 Å². The summed E-state index contributed by atoms with van der Waals surface area (Å²) in [6, 6.07) is 4.50. The van der Waals surface area contributed by atoms with Gasteiger partial charge < -0.3 is 29.9 Å². The molecule has 168 valence electrons. The molecule has 31 heavy (non-hydrogen) atoms. The van der Waals surface area contributed by atoms with Crippen molar-refractivity contribution in [2.75, 3.05) is 55.5 Å². The first-order valence-electron chi connectivity index (χ1n) is 9.36. The Balaban J connectivity index is 1.68. The van der Waals surface area contributed by atoms with Crippen LogP contribution < -0.4 is 25.2 Å². The molecule has 0 saturated carbocycles. The highest BCUT2D eigenvalue weighted by Crippen LogP contribution is 2.29. The Morgan fingerprint density at radius 2 is 1.90 bits per heavy atom. The maximum absolute atomic E-state index is 12.5. The summed E-state index contributed by atoms with van der Waals surface area (Å²) in [6.45, 7) is 2.30. The van der Waals surface area contributed by atoms with Crippen LogP contribution in [0.5, 0.6) is 5.75 Å². The minimum atomic E-state index is -4.88. The topological polar surface area (TPSA) is 105 Å². The highest BCUT2D eigenvalue weighted by atomic mass is 19.4. The number of ether oxygens (including phenoxy) is 2. The molecule has 0 bridgehead atoms. The first kappa shape index (κ1) is 22.3. The lowest BCUT2D eigenvalue weighted by atomic mass is 10.3. The number of hydrogen-bond donors (Lipinski definition) is 2. The molecule has 10 nitrogen and oxygen atoms in total. The quantitative estimate of drug-likeness (QED) is 0.702. The predicted molar refractivity (Wildman–Crippen MR) is 106 cm³/mol. The Kier molecular flexibility index (Phi) is 6.95. The monoisotopic (exact) mass is 441 g/mol. The Bertz CT molecular complexity index is 905. The van der Waals surface area contributed by atoms with E-state index in [4.69, 9.17) is 4.74 Å². The first-order chi connectivity index (χ1) is 14.7. The van der Waals surface area contributed by atoms with Gasteiger partial charge in [0.1, 0.15) is 0 Å². The average Bonchev–Trinajstić information content (AvgIpc) is 2.73. The molecule has 2 aromatic rings. The second-order valence-corrected chi connectivity index (χ2v) is 6.70. The van der Waals surface area contributed by atoms with E-state index in [1.165, 1.54) is 18.2 Å². The summed E-state index contributed by atoms with van der Waals surface area (Å²) in [5.41, 5.74) is -0.129. The highest BCUT2D eigenvalue weighted by molar-refractivity contribution is 5.90. The average molecular weight is 441 g/mol. The number of morpholine rings is 1. The summed E-state index contributed by atoms with van der Waals surface area (Å²) < 4.78 is 46.9. The summed E-state index contributed by atoms with van der Waals surface area (Å²) in [7, 11) is 3.56. The first-order valence-corrected chi connectivity index (χ1v) is 9.36. The number of anilines is 3. The Morgan fingerprint density at radius 1 is 1.19 bits per heavy atom. The molecule has 0 spiro atoms. The molecule has 1 fully saturated rings. The summed E-state index contributed by atoms with van der Waals surface area (Å²) in [5, 5.41) is 4.87. The maximum atomic E-state index is 12.5. The number of nitrogens with one attached hydrogen (secondary N) is 2. The third-order valence-electron chi connectivity index (χ3n) is 4.12. The lowest BCUT2D eigenvalue weighted by Gasteiger charge is -2.27. The number of alkyl halides is 3. The van der Waals surface area contributed by atoms with Crippen LogP contribution in [0.3, 0.4) is 0 Å². The van der Waals surface area contributed by atoms with Crippen molar-refractivity contribution in [1.82, 2.24) is 20.3 Å². The largest absolute Gasteiger partial charge is 0.573 e. The Hall–Kier alpha value is -3.35. The van der Waals surface area contributed by atoms with Gasteiger partial charge in [-0.2, -0.15) is 15.0 Å². The van der Waals surface area contributed by atoms with Gasteiger partial charge in [0, 0.05) is 27.2 Å². The second-order valence-electron chi connectivity index (χ2n) is 6.70. The molecule has 1 saturated heterocycles. The normalized spacial score (nSPS) is 14.2. The van der Waals surface area contributed by atoms with Crippen LogP contribution in [0.15, 0.2) is 24.3 Å². The molecule has 1 aliphatic heterocycles. The van der Waals surface area contributed by atoms with Crippen molar-refractivity contribution in [3.05, 3.63) is 30.1 Å². The van der Waals surface area contributed by atoms with E-state index < -0.39 is 18.1 Å². The Morgan fingerprint density at radius 3 is 2.58 bits per heavy atom. The van der Waals surface area contributed by atoms with Crippen LogP contribution in [0.4, 0.5) is 35.5 Å². The molecule has 0 aliphatic carbocycles. The minimum absolute atomic E-state index is 0.0607. The van der Waals surface area contributed by atoms with Crippen molar-refractivity contribution in [2.45, 2.75) is 12.9 Å². The van der Waals surface area contributed by atoms with Crippen LogP contribution in [-0.4, -0.2) is 67.7 Å². The minimum Gasteiger partial charge on any atom is -0.404 e. The highest BCUT2D eigenvalue weighted by Gasteiger charge is 2.32. The summed E-state index contributed by atoms with van der Waals surface area (Å²) in [4.78, 5) is 29.0. The molecule has 0 unspecified atom stereocenters. The fraction of sp³-hybridized carbons (Fsp3) is 0.444. The SMILES string of the molecule is CN(C)c1nc(CNC(=O)Nc2ccccc2OC(F)(F)F)nc(N2CCOCC2)n1. The van der Waals surface area contributed by atoms with Crippen molar-refractivity contribution in [3.63, 3.8) is 0 Å². The molecule has 1 aromatic carbocycles. The molecular formula is C18H22F3N7O3. The van der Waals surface area contributed by atoms with Gasteiger partial charge in [0.15, 0.2) is 11.6 Å². The van der Waals surface area contributed by atoms with Gasteiger partial charge in [-0.05, 0) is 12.1 Å². The number of urea groups is 1. The van der Waals surface area contributed by atoms with Crippen molar-refractivity contribution in [3.8, 4) is 5.75 Å². The van der Waals surface area contributed by atoms with Crippen molar-refractivity contribution >= 4 is 23.6 Å². The number of benzene rings is 1. The number of nitrogens with zero attached hydrogens (tertiary/aromatic N) is 5. The Labute approximate surface area is 176 Å². The number of amides is 2. The van der Waals surface area contributed by atoms with Crippen LogP contribution >= 0.6 is 0 Å². The van der Waals surface area contributed by atoms with E-state index >= 15 is 0 Å². The van der Waals surface area contributed by atoms with Gasteiger partial charge in [0.2, 0.25) is 11.9 Å². The third-order valence-corrected chi connectivity index (χ3v) is 4.12. The van der Waals surface area contributed by atoms with Crippen LogP contribution in [-0.2, 0) is 11.3 Å². The number of hydrogen-bond acceptors (Lipinski definition) is 8. The molecule has 2 N–H and O–H groups in total. The molecular weight excluding hydrogens is 419 g/mol. The molecule has 3 rings (SSSR count). The van der Waals surface area contributed by atoms with Crippen molar-refractivity contribution in [1.29, 1.82) is 0 Å². The number of para-hydroxylation sites is 2. The molecule has 2 amide bonds. The van der Waals surface area contributed by atoms with Gasteiger partial charge >= 0.3 is 12.4 Å². The lowest BCUT2D eigenvalue weighted by Crippen LogP contribution is -2.38. The van der Waals surface area contributed by atoms with Crippen molar-refractivity contribution < 1.29 is 27.4 Å². The molecule has 0 atom stereocenters. The third kappa shape index (κ3) is 6.57. The van der Waals surface area contributed by atoms with Gasteiger partial charge in [0.05, 0.1) is 25.4 Å². The van der Waals surface area contributed by atoms with E-state index in [1.807, 2.05) is 4.90 Å². The standard InChI is InChI=1S/C18H22F3N7O3/c1-27(2)15-24-14(25-16(26-15)28-7-9-30-10-8-28)11-22-17(29)23-12-5-3-4-6-13(12)31-18(19,20)21/h3-6H,7-11H2,1-2H3,(H2,22,23,29). The predicted octanol–water partition coefficient (Wildman–Crippen LogP) is 1.99. The van der Waals surface area contributed by atoms with Crippen LogP contribution in [0, 0.1) is 0 Å². The molecule has 2 heterocycles. The zero-order valence-corrected chi connectivity index (χ0v) is 16.9. The fourth-order valence-corrected chi connectivity index (χ4v) is 2.69. The number of carbonyl (C=O) groups is 1. The van der Waals surface area contributed by atoms with E-state index in [9.17, 15) is 18.0 Å². The van der Waals surface area contributed by atoms with Crippen LogP contribution in [0.25, 0.3) is 0 Å². The van der Waals surface area contributed by atoms with E-state index in [0.717, 1.165) is 6.07 Å². The zero-order chi connectivity index (χ0) is 22.4. The maximum Gasteiger partial charge on any atom is 0.573 e. The van der Waals surface area contributed by atoms with Gasteiger partial charge in [-0.25, -0.2) is 4.79 Å². The molecule has 1 aromatic heterocycles. The van der Waals surface area contributed by atoms with E-state index in [-0.39, 0.29) is 12.2 Å².